The van der Waals surface area contributed by atoms with Gasteiger partial charge in [0.15, 0.2) is 0 Å². The Labute approximate surface area is 171 Å². The molecule has 0 saturated carbocycles. The molecule has 146 valence electrons. The third kappa shape index (κ3) is 3.95. The average Bonchev–Trinajstić information content (AvgIpc) is 3.13. The van der Waals surface area contributed by atoms with E-state index < -0.39 is 16.9 Å². The zero-order valence-corrected chi connectivity index (χ0v) is 16.5. The van der Waals surface area contributed by atoms with E-state index in [9.17, 15) is 19.7 Å². The number of benzene rings is 2. The molecule has 7 nitrogen and oxygen atoms in total. The van der Waals surface area contributed by atoms with Crippen LogP contribution < -0.4 is 5.32 Å². The van der Waals surface area contributed by atoms with E-state index in [1.165, 1.54) is 36.1 Å². The van der Waals surface area contributed by atoms with E-state index in [1.807, 2.05) is 0 Å². The first-order valence-corrected chi connectivity index (χ1v) is 9.36. The molecule has 28 heavy (non-hydrogen) atoms. The first kappa shape index (κ1) is 20.1. The number of hydrogen-bond acceptors (Lipinski definition) is 4. The summed E-state index contributed by atoms with van der Waals surface area (Å²) in [5.41, 5.74) is 0.781. The number of nitro groups is 1. The molecule has 0 unspecified atom stereocenters. The summed E-state index contributed by atoms with van der Waals surface area (Å²) in [5.74, 6) is -0.765. The molecule has 9 heteroatoms. The van der Waals surface area contributed by atoms with Gasteiger partial charge in [-0.2, -0.15) is 0 Å². The lowest BCUT2D eigenvalue weighted by Gasteiger charge is -2.25. The van der Waals surface area contributed by atoms with Crippen LogP contribution in [0.5, 0.6) is 0 Å². The predicted octanol–water partition coefficient (Wildman–Crippen LogP) is 4.45. The van der Waals surface area contributed by atoms with E-state index in [0.29, 0.717) is 35.1 Å². The van der Waals surface area contributed by atoms with Crippen molar-refractivity contribution in [2.75, 3.05) is 11.9 Å². The molecule has 2 aromatic rings. The molecule has 1 fully saturated rings. The zero-order valence-electron chi connectivity index (χ0n) is 14.9. The Kier molecular flexibility index (Phi) is 5.86. The van der Waals surface area contributed by atoms with Gasteiger partial charge in [-0.05, 0) is 44.0 Å². The Morgan fingerprint density at radius 1 is 1.25 bits per heavy atom. The maximum absolute atomic E-state index is 13.0. The summed E-state index contributed by atoms with van der Waals surface area (Å²) >= 11 is 12.0. The van der Waals surface area contributed by atoms with Crippen molar-refractivity contribution in [1.29, 1.82) is 0 Å². The zero-order chi connectivity index (χ0) is 20.4. The van der Waals surface area contributed by atoms with Crippen molar-refractivity contribution in [3.05, 3.63) is 67.7 Å². The largest absolute Gasteiger partial charge is 0.327 e. The van der Waals surface area contributed by atoms with Crippen LogP contribution in [0.4, 0.5) is 11.4 Å². The number of nitrogens with zero attached hydrogens (tertiary/aromatic N) is 2. The summed E-state index contributed by atoms with van der Waals surface area (Å²) in [6, 6.07) is 8.39. The van der Waals surface area contributed by atoms with E-state index in [-0.39, 0.29) is 22.7 Å². The van der Waals surface area contributed by atoms with Crippen molar-refractivity contribution in [3.8, 4) is 0 Å². The highest BCUT2D eigenvalue weighted by atomic mass is 35.5. The Bertz CT molecular complexity index is 964. The molecule has 2 amide bonds. The summed E-state index contributed by atoms with van der Waals surface area (Å²) in [5, 5.41) is 14.6. The molecular weight excluding hydrogens is 405 g/mol. The van der Waals surface area contributed by atoms with Crippen LogP contribution in [0.15, 0.2) is 36.4 Å². The quantitative estimate of drug-likeness (QED) is 0.582. The summed E-state index contributed by atoms with van der Waals surface area (Å²) in [7, 11) is 0. The van der Waals surface area contributed by atoms with Gasteiger partial charge in [-0.15, -0.1) is 0 Å². The molecule has 0 aromatic heterocycles. The number of amides is 2. The number of hydrogen-bond donors (Lipinski definition) is 1. The minimum atomic E-state index is -0.682. The summed E-state index contributed by atoms with van der Waals surface area (Å²) in [6.07, 6.45) is 1.16. The van der Waals surface area contributed by atoms with Gasteiger partial charge in [0.1, 0.15) is 6.04 Å². The molecule has 0 aliphatic carbocycles. The van der Waals surface area contributed by atoms with Crippen molar-refractivity contribution in [3.63, 3.8) is 0 Å². The molecule has 3 rings (SSSR count). The third-order valence-electron chi connectivity index (χ3n) is 4.74. The Hall–Kier alpha value is -2.64. The lowest BCUT2D eigenvalue weighted by atomic mass is 10.0. The lowest BCUT2D eigenvalue weighted by molar-refractivity contribution is -0.385. The summed E-state index contributed by atoms with van der Waals surface area (Å²) in [6.45, 7) is 1.93. The maximum atomic E-state index is 13.0. The molecule has 0 bridgehead atoms. The van der Waals surface area contributed by atoms with Gasteiger partial charge in [0.25, 0.3) is 11.6 Å². The molecule has 1 N–H and O–H groups in total. The van der Waals surface area contributed by atoms with Gasteiger partial charge in [-0.1, -0.05) is 29.3 Å². The number of nitrogens with one attached hydrogen (secondary N) is 1. The molecule has 0 radical (unpaired) electrons. The number of rotatable bonds is 4. The second-order valence-corrected chi connectivity index (χ2v) is 7.32. The maximum Gasteiger partial charge on any atom is 0.273 e. The van der Waals surface area contributed by atoms with Crippen molar-refractivity contribution in [2.24, 2.45) is 0 Å². The molecule has 2 aromatic carbocycles. The second-order valence-electron chi connectivity index (χ2n) is 6.48. The fourth-order valence-corrected chi connectivity index (χ4v) is 3.75. The summed E-state index contributed by atoms with van der Waals surface area (Å²) < 4.78 is 0. The van der Waals surface area contributed by atoms with Crippen LogP contribution in [-0.2, 0) is 4.79 Å². The SMILES string of the molecule is Cc1c(C(=O)N2CCC[C@@H]2C(=O)Nc2ccc(Cl)cc2Cl)cccc1[N+](=O)[O-]. The van der Waals surface area contributed by atoms with E-state index in [0.717, 1.165) is 0 Å². The van der Waals surface area contributed by atoms with Gasteiger partial charge in [0, 0.05) is 28.8 Å². The van der Waals surface area contributed by atoms with Crippen LogP contribution in [0.25, 0.3) is 0 Å². The molecule has 1 aliphatic rings. The highest BCUT2D eigenvalue weighted by Crippen LogP contribution is 2.29. The van der Waals surface area contributed by atoms with E-state index in [4.69, 9.17) is 23.2 Å². The average molecular weight is 422 g/mol. The van der Waals surface area contributed by atoms with Crippen LogP contribution in [0.2, 0.25) is 10.0 Å². The standard InChI is InChI=1S/C19H17Cl2N3O4/c1-11-13(4-2-5-16(11)24(27)28)19(26)23-9-3-6-17(23)18(25)22-15-8-7-12(20)10-14(15)21/h2,4-5,7-8,10,17H,3,6,9H2,1H3,(H,22,25)/t17-/m1/s1. The van der Waals surface area contributed by atoms with E-state index >= 15 is 0 Å². The van der Waals surface area contributed by atoms with Crippen LogP contribution in [0.1, 0.15) is 28.8 Å². The van der Waals surface area contributed by atoms with Crippen LogP contribution in [-0.4, -0.2) is 34.2 Å². The number of likely N-dealkylation sites (tertiary alicyclic amines) is 1. The minimum Gasteiger partial charge on any atom is -0.327 e. The van der Waals surface area contributed by atoms with Crippen LogP contribution in [0, 0.1) is 17.0 Å². The van der Waals surface area contributed by atoms with Crippen LogP contribution in [0.3, 0.4) is 0 Å². The molecule has 1 heterocycles. The number of anilines is 1. The predicted molar refractivity (Wildman–Crippen MR) is 107 cm³/mol. The second kappa shape index (κ2) is 8.16. The van der Waals surface area contributed by atoms with E-state index in [2.05, 4.69) is 5.32 Å². The molecule has 1 saturated heterocycles. The number of nitro benzene ring substituents is 1. The highest BCUT2D eigenvalue weighted by Gasteiger charge is 2.36. The lowest BCUT2D eigenvalue weighted by Crippen LogP contribution is -2.43. The van der Waals surface area contributed by atoms with Crippen molar-refractivity contribution >= 4 is 46.4 Å². The highest BCUT2D eigenvalue weighted by molar-refractivity contribution is 6.36. The Morgan fingerprint density at radius 3 is 2.68 bits per heavy atom. The van der Waals surface area contributed by atoms with E-state index in [1.54, 1.807) is 12.1 Å². The smallest absolute Gasteiger partial charge is 0.273 e. The first-order chi connectivity index (χ1) is 13.3. The van der Waals surface area contributed by atoms with Crippen molar-refractivity contribution in [2.45, 2.75) is 25.8 Å². The minimum absolute atomic E-state index is 0.126. The molecule has 0 spiro atoms. The molecular formula is C19H17Cl2N3O4. The van der Waals surface area contributed by atoms with Crippen molar-refractivity contribution in [1.82, 2.24) is 4.90 Å². The normalized spacial score (nSPS) is 16.1. The van der Waals surface area contributed by atoms with Gasteiger partial charge >= 0.3 is 0 Å². The van der Waals surface area contributed by atoms with Gasteiger partial charge in [-0.25, -0.2) is 0 Å². The monoisotopic (exact) mass is 421 g/mol. The molecule has 1 atom stereocenters. The van der Waals surface area contributed by atoms with Gasteiger partial charge < -0.3 is 10.2 Å². The van der Waals surface area contributed by atoms with Gasteiger partial charge in [0.2, 0.25) is 5.91 Å². The topological polar surface area (TPSA) is 92.6 Å². The number of carbonyl (C=O) groups is 2. The fourth-order valence-electron chi connectivity index (χ4n) is 3.30. The third-order valence-corrected chi connectivity index (χ3v) is 5.29. The van der Waals surface area contributed by atoms with Gasteiger partial charge in [-0.3, -0.25) is 19.7 Å². The molecule has 1 aliphatic heterocycles. The van der Waals surface area contributed by atoms with Gasteiger partial charge in [0.05, 0.1) is 15.6 Å². The number of halogens is 2. The fraction of sp³-hybridized carbons (Fsp3) is 0.263. The Balaban J connectivity index is 1.82. The van der Waals surface area contributed by atoms with Crippen molar-refractivity contribution < 1.29 is 14.5 Å². The first-order valence-electron chi connectivity index (χ1n) is 8.60. The Morgan fingerprint density at radius 2 is 2.00 bits per heavy atom. The van der Waals surface area contributed by atoms with Crippen LogP contribution >= 0.6 is 23.2 Å². The summed E-state index contributed by atoms with van der Waals surface area (Å²) in [4.78, 5) is 37.8. The number of carbonyl (C=O) groups excluding carboxylic acids is 2.